The zero-order valence-corrected chi connectivity index (χ0v) is 14.2. The number of aromatic amines is 1. The number of nitrogens with zero attached hydrogens (tertiary/aromatic N) is 3. The maximum Gasteiger partial charge on any atom is 0.157 e. The standard InChI is InChI=1S/C17H18N4O2S/c1-11(2)16-9-20-17(21-16)15-6-13(3-4-19-15)14-5-12(7-18-8-14)10-24(22)23/h3-9,11H,10H2,1-2H3,(H,20,21)(H,22,23). The van der Waals surface area contributed by atoms with Crippen LogP contribution in [-0.2, 0) is 16.8 Å². The van der Waals surface area contributed by atoms with Crippen LogP contribution in [0.25, 0.3) is 22.6 Å². The summed E-state index contributed by atoms with van der Waals surface area (Å²) in [7, 11) is 0. The Balaban J connectivity index is 1.94. The van der Waals surface area contributed by atoms with Crippen LogP contribution >= 0.6 is 0 Å². The summed E-state index contributed by atoms with van der Waals surface area (Å²) in [6, 6.07) is 5.67. The molecule has 0 saturated heterocycles. The van der Waals surface area contributed by atoms with Gasteiger partial charge in [0, 0.05) is 36.0 Å². The predicted octanol–water partition coefficient (Wildman–Crippen LogP) is 3.38. The number of hydrogen-bond donors (Lipinski definition) is 2. The molecule has 1 atom stereocenters. The largest absolute Gasteiger partial charge is 0.340 e. The summed E-state index contributed by atoms with van der Waals surface area (Å²) < 4.78 is 20.0. The SMILES string of the molecule is CC(C)c1cnc(-c2cc(-c3cncc(CS(=O)O)c3)ccn2)[nH]1. The highest BCUT2D eigenvalue weighted by Crippen LogP contribution is 2.24. The number of rotatable bonds is 5. The molecule has 0 amide bonds. The van der Waals surface area contributed by atoms with E-state index in [0.717, 1.165) is 28.3 Å². The fraction of sp³-hybridized carbons (Fsp3) is 0.235. The van der Waals surface area contributed by atoms with E-state index in [0.29, 0.717) is 11.5 Å². The van der Waals surface area contributed by atoms with Crippen molar-refractivity contribution in [2.75, 3.05) is 0 Å². The maximum absolute atomic E-state index is 11.0. The molecular formula is C17H18N4O2S. The minimum atomic E-state index is -1.88. The Morgan fingerprint density at radius 1 is 1.17 bits per heavy atom. The number of H-pyrrole nitrogens is 1. The molecule has 3 aromatic heterocycles. The van der Waals surface area contributed by atoms with Crippen molar-refractivity contribution in [1.82, 2.24) is 19.9 Å². The van der Waals surface area contributed by atoms with Crippen molar-refractivity contribution in [2.45, 2.75) is 25.5 Å². The molecule has 0 aliphatic carbocycles. The lowest BCUT2D eigenvalue weighted by Gasteiger charge is -2.05. The third-order valence-corrected chi connectivity index (χ3v) is 4.22. The van der Waals surface area contributed by atoms with Crippen LogP contribution < -0.4 is 0 Å². The number of pyridine rings is 2. The molecule has 2 N–H and O–H groups in total. The molecule has 3 aromatic rings. The van der Waals surface area contributed by atoms with Crippen LogP contribution in [-0.4, -0.2) is 28.7 Å². The number of aromatic nitrogens is 4. The lowest BCUT2D eigenvalue weighted by atomic mass is 10.1. The van der Waals surface area contributed by atoms with Crippen molar-refractivity contribution in [1.29, 1.82) is 0 Å². The summed E-state index contributed by atoms with van der Waals surface area (Å²) in [5.41, 5.74) is 4.33. The van der Waals surface area contributed by atoms with Gasteiger partial charge in [-0.25, -0.2) is 9.19 Å². The molecule has 124 valence electrons. The van der Waals surface area contributed by atoms with Crippen LogP contribution in [0.3, 0.4) is 0 Å². The summed E-state index contributed by atoms with van der Waals surface area (Å²) in [5, 5.41) is 0. The first kappa shape index (κ1) is 16.5. The Morgan fingerprint density at radius 3 is 2.71 bits per heavy atom. The van der Waals surface area contributed by atoms with Crippen molar-refractivity contribution in [3.63, 3.8) is 0 Å². The second-order valence-corrected chi connectivity index (χ2v) is 6.75. The Kier molecular flexibility index (Phi) is 4.82. The van der Waals surface area contributed by atoms with Gasteiger partial charge in [0.2, 0.25) is 0 Å². The van der Waals surface area contributed by atoms with E-state index in [1.165, 1.54) is 0 Å². The van der Waals surface area contributed by atoms with Gasteiger partial charge in [0.1, 0.15) is 5.69 Å². The van der Waals surface area contributed by atoms with E-state index in [1.807, 2.05) is 24.4 Å². The van der Waals surface area contributed by atoms with Gasteiger partial charge >= 0.3 is 0 Å². The van der Waals surface area contributed by atoms with Crippen molar-refractivity contribution in [3.8, 4) is 22.6 Å². The van der Waals surface area contributed by atoms with Crippen LogP contribution in [0.2, 0.25) is 0 Å². The van der Waals surface area contributed by atoms with Crippen molar-refractivity contribution in [2.24, 2.45) is 0 Å². The molecule has 0 aliphatic heterocycles. The zero-order valence-electron chi connectivity index (χ0n) is 13.4. The highest BCUT2D eigenvalue weighted by atomic mass is 32.2. The topological polar surface area (TPSA) is 91.8 Å². The van der Waals surface area contributed by atoms with E-state index < -0.39 is 11.1 Å². The third kappa shape index (κ3) is 3.74. The van der Waals surface area contributed by atoms with E-state index in [-0.39, 0.29) is 5.75 Å². The lowest BCUT2D eigenvalue weighted by molar-refractivity contribution is 0.563. The molecule has 0 aromatic carbocycles. The third-order valence-electron chi connectivity index (χ3n) is 3.64. The van der Waals surface area contributed by atoms with Crippen LogP contribution in [0.5, 0.6) is 0 Å². The Hall–Kier alpha value is -2.38. The van der Waals surface area contributed by atoms with Gasteiger partial charge in [-0.1, -0.05) is 13.8 Å². The Morgan fingerprint density at radius 2 is 2.00 bits per heavy atom. The summed E-state index contributed by atoms with van der Waals surface area (Å²) >= 11 is -1.88. The van der Waals surface area contributed by atoms with Crippen LogP contribution in [0.4, 0.5) is 0 Å². The Bertz CT molecular complexity index is 876. The van der Waals surface area contributed by atoms with E-state index in [1.54, 1.807) is 18.6 Å². The number of imidazole rings is 1. The van der Waals surface area contributed by atoms with E-state index in [9.17, 15) is 4.21 Å². The number of hydrogen-bond acceptors (Lipinski definition) is 4. The molecule has 0 aliphatic rings. The summed E-state index contributed by atoms with van der Waals surface area (Å²) in [6.45, 7) is 4.20. The van der Waals surface area contributed by atoms with Crippen LogP contribution in [0, 0.1) is 0 Å². The normalized spacial score (nSPS) is 12.5. The predicted molar refractivity (Wildman–Crippen MR) is 93.6 cm³/mol. The second kappa shape index (κ2) is 7.02. The average Bonchev–Trinajstić information content (AvgIpc) is 3.05. The summed E-state index contributed by atoms with van der Waals surface area (Å²) in [4.78, 5) is 16.2. The average molecular weight is 342 g/mol. The fourth-order valence-electron chi connectivity index (χ4n) is 2.37. The molecule has 6 nitrogen and oxygen atoms in total. The first-order valence-electron chi connectivity index (χ1n) is 7.56. The highest BCUT2D eigenvalue weighted by Gasteiger charge is 2.09. The molecule has 0 fully saturated rings. The lowest BCUT2D eigenvalue weighted by Crippen LogP contribution is -1.95. The van der Waals surface area contributed by atoms with Gasteiger partial charge in [0.05, 0.1) is 5.75 Å². The first-order valence-corrected chi connectivity index (χ1v) is 8.83. The Labute approximate surface area is 142 Å². The molecule has 0 spiro atoms. The van der Waals surface area contributed by atoms with E-state index >= 15 is 0 Å². The summed E-state index contributed by atoms with van der Waals surface area (Å²) in [6.07, 6.45) is 6.87. The van der Waals surface area contributed by atoms with Gasteiger partial charge in [-0.3, -0.25) is 9.97 Å². The van der Waals surface area contributed by atoms with Crippen molar-refractivity contribution >= 4 is 11.1 Å². The molecule has 7 heteroatoms. The molecule has 0 radical (unpaired) electrons. The van der Waals surface area contributed by atoms with E-state index in [4.69, 9.17) is 4.55 Å². The van der Waals surface area contributed by atoms with Crippen molar-refractivity contribution < 1.29 is 8.76 Å². The van der Waals surface area contributed by atoms with Gasteiger partial charge in [-0.2, -0.15) is 0 Å². The molecule has 0 saturated carbocycles. The van der Waals surface area contributed by atoms with Gasteiger partial charge < -0.3 is 9.54 Å². The maximum atomic E-state index is 11.0. The molecule has 3 heterocycles. The fourth-order valence-corrected chi connectivity index (χ4v) is 2.81. The molecule has 0 bridgehead atoms. The summed E-state index contributed by atoms with van der Waals surface area (Å²) in [5.74, 6) is 1.16. The smallest absolute Gasteiger partial charge is 0.157 e. The van der Waals surface area contributed by atoms with Crippen molar-refractivity contribution in [3.05, 3.63) is 54.2 Å². The molecular weight excluding hydrogens is 324 g/mol. The molecule has 3 rings (SSSR count). The van der Waals surface area contributed by atoms with Crippen LogP contribution in [0.15, 0.2) is 43.0 Å². The van der Waals surface area contributed by atoms with Gasteiger partial charge in [-0.15, -0.1) is 0 Å². The number of nitrogens with one attached hydrogen (secondary N) is 1. The zero-order chi connectivity index (χ0) is 17.1. The highest BCUT2D eigenvalue weighted by molar-refractivity contribution is 7.78. The van der Waals surface area contributed by atoms with Gasteiger partial charge in [0.25, 0.3) is 0 Å². The van der Waals surface area contributed by atoms with E-state index in [2.05, 4.69) is 33.8 Å². The van der Waals surface area contributed by atoms with Gasteiger partial charge in [0.15, 0.2) is 16.9 Å². The minimum absolute atomic E-state index is 0.0642. The van der Waals surface area contributed by atoms with Crippen LogP contribution in [0.1, 0.15) is 31.0 Å². The quantitative estimate of drug-likeness (QED) is 0.694. The molecule has 24 heavy (non-hydrogen) atoms. The second-order valence-electron chi connectivity index (χ2n) is 5.82. The first-order chi connectivity index (χ1) is 11.5. The monoisotopic (exact) mass is 342 g/mol. The molecule has 1 unspecified atom stereocenters. The minimum Gasteiger partial charge on any atom is -0.340 e. The van der Waals surface area contributed by atoms with Gasteiger partial charge in [-0.05, 0) is 35.2 Å².